The molecule has 21 heavy (non-hydrogen) atoms. The van der Waals surface area contributed by atoms with Gasteiger partial charge in [-0.25, -0.2) is 0 Å². The first-order valence-electron chi connectivity index (χ1n) is 8.16. The molecule has 0 saturated carbocycles. The molecule has 0 aliphatic carbocycles. The maximum atomic E-state index is 12.1. The molecule has 3 atom stereocenters. The first-order chi connectivity index (χ1) is 10.0. The Hall–Kier alpha value is -0.650. The highest BCUT2D eigenvalue weighted by atomic mass is 16.6. The normalized spacial score (nSPS) is 31.3. The van der Waals surface area contributed by atoms with Gasteiger partial charge in [0.1, 0.15) is 12.7 Å². The van der Waals surface area contributed by atoms with Crippen molar-refractivity contribution in [3.63, 3.8) is 0 Å². The first kappa shape index (κ1) is 16.7. The van der Waals surface area contributed by atoms with Crippen molar-refractivity contribution in [2.24, 2.45) is 11.8 Å². The average molecular weight is 299 g/mol. The second kappa shape index (κ2) is 8.11. The highest BCUT2D eigenvalue weighted by Crippen LogP contribution is 2.21. The van der Waals surface area contributed by atoms with E-state index in [0.29, 0.717) is 19.1 Å². The SMILES string of the molecule is CC(C)CN1CCOC(COC(=O)C2CCOC(C)C2)C1. The Bertz CT molecular complexity index is 334. The molecule has 3 unspecified atom stereocenters. The Morgan fingerprint density at radius 3 is 2.86 bits per heavy atom. The maximum absolute atomic E-state index is 12.1. The van der Waals surface area contributed by atoms with Crippen LogP contribution in [0.5, 0.6) is 0 Å². The molecule has 2 fully saturated rings. The van der Waals surface area contributed by atoms with E-state index in [0.717, 1.165) is 39.1 Å². The predicted molar refractivity (Wildman–Crippen MR) is 80.1 cm³/mol. The van der Waals surface area contributed by atoms with Crippen molar-refractivity contribution >= 4 is 5.97 Å². The minimum absolute atomic E-state index is 0.0101. The minimum Gasteiger partial charge on any atom is -0.463 e. The zero-order valence-electron chi connectivity index (χ0n) is 13.5. The van der Waals surface area contributed by atoms with Gasteiger partial charge in [-0.3, -0.25) is 9.69 Å². The number of morpholine rings is 1. The molecule has 0 aromatic rings. The summed E-state index contributed by atoms with van der Waals surface area (Å²) in [7, 11) is 0. The molecule has 2 aliphatic rings. The van der Waals surface area contributed by atoms with Crippen molar-refractivity contribution < 1.29 is 19.0 Å². The molecule has 2 heterocycles. The van der Waals surface area contributed by atoms with Gasteiger partial charge in [-0.2, -0.15) is 0 Å². The number of carbonyl (C=O) groups excluding carboxylic acids is 1. The molecule has 0 aromatic heterocycles. The lowest BCUT2D eigenvalue weighted by Crippen LogP contribution is -2.46. The van der Waals surface area contributed by atoms with Crippen LogP contribution in [0.3, 0.4) is 0 Å². The van der Waals surface area contributed by atoms with E-state index in [1.165, 1.54) is 0 Å². The number of ether oxygens (including phenoxy) is 3. The molecule has 0 bridgehead atoms. The highest BCUT2D eigenvalue weighted by Gasteiger charge is 2.28. The summed E-state index contributed by atoms with van der Waals surface area (Å²) < 4.78 is 16.6. The van der Waals surface area contributed by atoms with Crippen LogP contribution in [-0.4, -0.2) is 62.5 Å². The van der Waals surface area contributed by atoms with Gasteiger partial charge >= 0.3 is 5.97 Å². The van der Waals surface area contributed by atoms with E-state index in [-0.39, 0.29) is 24.1 Å². The van der Waals surface area contributed by atoms with Crippen LogP contribution in [0.1, 0.15) is 33.6 Å². The van der Waals surface area contributed by atoms with E-state index in [2.05, 4.69) is 18.7 Å². The molecule has 2 aliphatic heterocycles. The van der Waals surface area contributed by atoms with E-state index in [4.69, 9.17) is 14.2 Å². The van der Waals surface area contributed by atoms with Crippen LogP contribution in [0.4, 0.5) is 0 Å². The lowest BCUT2D eigenvalue weighted by molar-refractivity contribution is -0.160. The van der Waals surface area contributed by atoms with Crippen LogP contribution in [0.15, 0.2) is 0 Å². The molecule has 0 N–H and O–H groups in total. The highest BCUT2D eigenvalue weighted by molar-refractivity contribution is 5.72. The Labute approximate surface area is 127 Å². The average Bonchev–Trinajstić information content (AvgIpc) is 2.44. The van der Waals surface area contributed by atoms with Gasteiger partial charge in [0.05, 0.1) is 18.6 Å². The van der Waals surface area contributed by atoms with Crippen molar-refractivity contribution in [2.45, 2.75) is 45.8 Å². The van der Waals surface area contributed by atoms with E-state index in [1.807, 2.05) is 6.92 Å². The molecule has 0 amide bonds. The Morgan fingerprint density at radius 2 is 2.14 bits per heavy atom. The maximum Gasteiger partial charge on any atom is 0.309 e. The monoisotopic (exact) mass is 299 g/mol. The third kappa shape index (κ3) is 5.57. The molecule has 5 heteroatoms. The first-order valence-corrected chi connectivity index (χ1v) is 8.16. The quantitative estimate of drug-likeness (QED) is 0.723. The van der Waals surface area contributed by atoms with Crippen LogP contribution in [0.25, 0.3) is 0 Å². The summed E-state index contributed by atoms with van der Waals surface area (Å²) in [5.41, 5.74) is 0. The number of nitrogens with zero attached hydrogens (tertiary/aromatic N) is 1. The van der Waals surface area contributed by atoms with E-state index in [9.17, 15) is 4.79 Å². The lowest BCUT2D eigenvalue weighted by Gasteiger charge is -2.34. The number of carbonyl (C=O) groups is 1. The summed E-state index contributed by atoms with van der Waals surface area (Å²) >= 11 is 0. The molecule has 2 rings (SSSR count). The van der Waals surface area contributed by atoms with E-state index < -0.39 is 0 Å². The third-order valence-corrected chi connectivity index (χ3v) is 4.08. The zero-order chi connectivity index (χ0) is 15.2. The molecule has 0 radical (unpaired) electrons. The Kier molecular flexibility index (Phi) is 6.45. The number of hydrogen-bond donors (Lipinski definition) is 0. The molecule has 0 aromatic carbocycles. The van der Waals surface area contributed by atoms with Crippen molar-refractivity contribution in [3.8, 4) is 0 Å². The summed E-state index contributed by atoms with van der Waals surface area (Å²) in [6, 6.07) is 0. The molecule has 5 nitrogen and oxygen atoms in total. The van der Waals surface area contributed by atoms with Gasteiger partial charge in [0.25, 0.3) is 0 Å². The fourth-order valence-electron chi connectivity index (χ4n) is 3.07. The van der Waals surface area contributed by atoms with Crippen LogP contribution < -0.4 is 0 Å². The second-order valence-electron chi connectivity index (χ2n) is 6.68. The fraction of sp³-hybridized carbons (Fsp3) is 0.938. The van der Waals surface area contributed by atoms with Crippen molar-refractivity contribution in [1.82, 2.24) is 4.90 Å². The largest absolute Gasteiger partial charge is 0.463 e. The lowest BCUT2D eigenvalue weighted by atomic mass is 9.96. The van der Waals surface area contributed by atoms with Gasteiger partial charge < -0.3 is 14.2 Å². The standard InChI is InChI=1S/C16H29NO4/c1-12(2)9-17-5-7-20-15(10-17)11-21-16(18)14-4-6-19-13(3)8-14/h12-15H,4-11H2,1-3H3. The second-order valence-corrected chi connectivity index (χ2v) is 6.68. The fourth-order valence-corrected chi connectivity index (χ4v) is 3.07. The van der Waals surface area contributed by atoms with Gasteiger partial charge in [0, 0.05) is 26.2 Å². The number of rotatable bonds is 5. The van der Waals surface area contributed by atoms with E-state index in [1.54, 1.807) is 0 Å². The molecule has 0 spiro atoms. The van der Waals surface area contributed by atoms with Crippen molar-refractivity contribution in [3.05, 3.63) is 0 Å². The Morgan fingerprint density at radius 1 is 1.33 bits per heavy atom. The molecule has 122 valence electrons. The van der Waals surface area contributed by atoms with Gasteiger partial charge in [0.2, 0.25) is 0 Å². The van der Waals surface area contributed by atoms with Gasteiger partial charge in [0.15, 0.2) is 0 Å². The topological polar surface area (TPSA) is 48.0 Å². The summed E-state index contributed by atoms with van der Waals surface area (Å²) in [4.78, 5) is 14.5. The summed E-state index contributed by atoms with van der Waals surface area (Å²) in [5, 5.41) is 0. The third-order valence-electron chi connectivity index (χ3n) is 4.08. The van der Waals surface area contributed by atoms with Gasteiger partial charge in [-0.05, 0) is 25.7 Å². The summed E-state index contributed by atoms with van der Waals surface area (Å²) in [6.07, 6.45) is 1.71. The summed E-state index contributed by atoms with van der Waals surface area (Å²) in [6.45, 7) is 11.1. The van der Waals surface area contributed by atoms with E-state index >= 15 is 0 Å². The van der Waals surface area contributed by atoms with Crippen LogP contribution >= 0.6 is 0 Å². The minimum atomic E-state index is -0.0882. The number of hydrogen-bond acceptors (Lipinski definition) is 5. The van der Waals surface area contributed by atoms with Crippen LogP contribution in [-0.2, 0) is 19.0 Å². The Balaban J connectivity index is 1.70. The number of esters is 1. The summed E-state index contributed by atoms with van der Waals surface area (Å²) in [5.74, 6) is 0.550. The molecule has 2 saturated heterocycles. The molecular weight excluding hydrogens is 270 g/mol. The smallest absolute Gasteiger partial charge is 0.309 e. The van der Waals surface area contributed by atoms with Crippen molar-refractivity contribution in [2.75, 3.05) is 39.5 Å². The van der Waals surface area contributed by atoms with Gasteiger partial charge in [-0.1, -0.05) is 13.8 Å². The van der Waals surface area contributed by atoms with Gasteiger partial charge in [-0.15, -0.1) is 0 Å². The van der Waals surface area contributed by atoms with Crippen molar-refractivity contribution in [1.29, 1.82) is 0 Å². The molecular formula is C16H29NO4. The van der Waals surface area contributed by atoms with Crippen LogP contribution in [0.2, 0.25) is 0 Å². The predicted octanol–water partition coefficient (Wildman–Crippen LogP) is 1.70. The van der Waals surface area contributed by atoms with Crippen LogP contribution in [0, 0.1) is 11.8 Å². The zero-order valence-corrected chi connectivity index (χ0v) is 13.5.